The lowest BCUT2D eigenvalue weighted by Gasteiger charge is -2.20. The Hall–Kier alpha value is -3.37. The van der Waals surface area contributed by atoms with Gasteiger partial charge in [-0.1, -0.05) is 54.1 Å². The van der Waals surface area contributed by atoms with Crippen molar-refractivity contribution in [1.29, 1.82) is 0 Å². The first-order valence-electron chi connectivity index (χ1n) is 10.3. The van der Waals surface area contributed by atoms with Crippen molar-refractivity contribution < 1.29 is 14.2 Å². The predicted octanol–water partition coefficient (Wildman–Crippen LogP) is 6.46. The van der Waals surface area contributed by atoms with Crippen LogP contribution >= 0.6 is 11.6 Å². The minimum absolute atomic E-state index is 0.454. The summed E-state index contributed by atoms with van der Waals surface area (Å²) in [4.78, 5) is 0. The highest BCUT2D eigenvalue weighted by atomic mass is 35.5. The highest BCUT2D eigenvalue weighted by Gasteiger charge is 2.13. The molecule has 5 heteroatoms. The molecule has 0 aromatic heterocycles. The monoisotopic (exact) mass is 431 g/mol. The van der Waals surface area contributed by atoms with Crippen LogP contribution in [0.15, 0.2) is 78.9 Å². The molecule has 156 valence electrons. The van der Waals surface area contributed by atoms with Gasteiger partial charge in [0.15, 0.2) is 11.5 Å². The lowest BCUT2D eigenvalue weighted by atomic mass is 10.0. The molecule has 4 nitrogen and oxygen atoms in total. The first kappa shape index (κ1) is 19.6. The van der Waals surface area contributed by atoms with Gasteiger partial charge in [0, 0.05) is 28.9 Å². The fraction of sp³-hybridized carbons (Fsp3) is 0.154. The van der Waals surface area contributed by atoms with E-state index in [4.69, 9.17) is 25.8 Å². The van der Waals surface area contributed by atoms with Crippen molar-refractivity contribution in [2.75, 3.05) is 18.5 Å². The molecular formula is C26H22ClNO3. The summed E-state index contributed by atoms with van der Waals surface area (Å²) >= 11 is 6.12. The number of hydrogen-bond donors (Lipinski definition) is 1. The Kier molecular flexibility index (Phi) is 5.55. The maximum atomic E-state index is 6.22. The van der Waals surface area contributed by atoms with E-state index in [0.717, 1.165) is 39.4 Å². The molecule has 1 N–H and O–H groups in total. The van der Waals surface area contributed by atoms with Crippen LogP contribution in [0.25, 0.3) is 10.8 Å². The van der Waals surface area contributed by atoms with Crippen LogP contribution < -0.4 is 19.5 Å². The molecule has 4 aromatic carbocycles. The number of nitrogens with one attached hydrogen (secondary N) is 1. The van der Waals surface area contributed by atoms with Crippen LogP contribution in [0, 0.1) is 0 Å². The smallest absolute Gasteiger partial charge is 0.163 e. The summed E-state index contributed by atoms with van der Waals surface area (Å²) in [5.74, 6) is 2.41. The molecule has 0 atom stereocenters. The van der Waals surface area contributed by atoms with Gasteiger partial charge in [-0.2, -0.15) is 0 Å². The van der Waals surface area contributed by atoms with Crippen LogP contribution in [0.4, 0.5) is 5.69 Å². The first-order chi connectivity index (χ1) is 15.3. The minimum Gasteiger partial charge on any atom is -0.489 e. The lowest BCUT2D eigenvalue weighted by Crippen LogP contribution is -2.15. The third kappa shape index (κ3) is 4.39. The van der Waals surface area contributed by atoms with Crippen LogP contribution in [0.5, 0.6) is 17.2 Å². The Labute approximate surface area is 186 Å². The highest BCUT2D eigenvalue weighted by Crippen LogP contribution is 2.34. The number of benzene rings is 4. The molecule has 0 radical (unpaired) electrons. The standard InChI is InChI=1S/C26H22ClNO3/c27-20-6-3-4-18(14-20)17-31-24-10-8-19-5-1-2-7-22(19)23(24)16-28-21-9-11-25-26(15-21)30-13-12-29-25/h1-11,14-15,28H,12-13,16-17H2. The number of hydrogen-bond acceptors (Lipinski definition) is 4. The SMILES string of the molecule is Clc1cccc(COc2ccc3ccccc3c2CNc2ccc3c(c2)OCCO3)c1. The van der Waals surface area contributed by atoms with Crippen LogP contribution in [-0.2, 0) is 13.2 Å². The van der Waals surface area contributed by atoms with Gasteiger partial charge in [0.05, 0.1) is 0 Å². The molecule has 4 aromatic rings. The summed E-state index contributed by atoms with van der Waals surface area (Å²) in [5, 5.41) is 6.56. The molecule has 0 aliphatic carbocycles. The zero-order valence-corrected chi connectivity index (χ0v) is 17.7. The van der Waals surface area contributed by atoms with E-state index in [1.54, 1.807) is 0 Å². The second-order valence-electron chi connectivity index (χ2n) is 7.39. The van der Waals surface area contributed by atoms with E-state index in [9.17, 15) is 0 Å². The van der Waals surface area contributed by atoms with E-state index in [0.29, 0.717) is 31.4 Å². The maximum Gasteiger partial charge on any atom is 0.163 e. The normalized spacial score (nSPS) is 12.5. The molecule has 1 aliphatic rings. The van der Waals surface area contributed by atoms with Gasteiger partial charge in [-0.15, -0.1) is 0 Å². The number of fused-ring (bicyclic) bond motifs is 2. The third-order valence-corrected chi connectivity index (χ3v) is 5.53. The van der Waals surface area contributed by atoms with Gasteiger partial charge in [0.1, 0.15) is 25.6 Å². The first-order valence-corrected chi connectivity index (χ1v) is 10.7. The van der Waals surface area contributed by atoms with Gasteiger partial charge in [-0.25, -0.2) is 0 Å². The van der Waals surface area contributed by atoms with Gasteiger partial charge in [0.25, 0.3) is 0 Å². The Morgan fingerprint density at radius 2 is 1.71 bits per heavy atom. The topological polar surface area (TPSA) is 39.7 Å². The van der Waals surface area contributed by atoms with Crippen molar-refractivity contribution in [3.63, 3.8) is 0 Å². The molecule has 1 heterocycles. The van der Waals surface area contributed by atoms with Gasteiger partial charge < -0.3 is 19.5 Å². The van der Waals surface area contributed by atoms with Gasteiger partial charge in [0.2, 0.25) is 0 Å². The van der Waals surface area contributed by atoms with E-state index >= 15 is 0 Å². The third-order valence-electron chi connectivity index (χ3n) is 5.29. The molecule has 0 amide bonds. The van der Waals surface area contributed by atoms with E-state index in [1.165, 1.54) is 5.39 Å². The Morgan fingerprint density at radius 1 is 0.839 bits per heavy atom. The molecule has 0 unspecified atom stereocenters. The van der Waals surface area contributed by atoms with Crippen molar-refractivity contribution in [3.8, 4) is 17.2 Å². The Bertz CT molecular complexity index is 1220. The molecular weight excluding hydrogens is 410 g/mol. The molecule has 0 saturated heterocycles. The zero-order chi connectivity index (χ0) is 21.0. The largest absolute Gasteiger partial charge is 0.489 e. The van der Waals surface area contributed by atoms with E-state index < -0.39 is 0 Å². The second-order valence-corrected chi connectivity index (χ2v) is 7.83. The lowest BCUT2D eigenvalue weighted by molar-refractivity contribution is 0.171. The van der Waals surface area contributed by atoms with Crippen molar-refractivity contribution in [2.45, 2.75) is 13.2 Å². The molecule has 0 spiro atoms. The summed E-state index contributed by atoms with van der Waals surface area (Å²) in [6.45, 7) is 2.23. The summed E-state index contributed by atoms with van der Waals surface area (Å²) < 4.78 is 17.5. The van der Waals surface area contributed by atoms with E-state index in [2.05, 4.69) is 29.6 Å². The molecule has 1 aliphatic heterocycles. The zero-order valence-electron chi connectivity index (χ0n) is 16.9. The predicted molar refractivity (Wildman–Crippen MR) is 124 cm³/mol. The van der Waals surface area contributed by atoms with E-state index in [-0.39, 0.29) is 0 Å². The number of halogens is 1. The second kappa shape index (κ2) is 8.78. The Morgan fingerprint density at radius 3 is 2.61 bits per heavy atom. The van der Waals surface area contributed by atoms with Gasteiger partial charge in [-0.05, 0) is 46.7 Å². The quantitative estimate of drug-likeness (QED) is 0.380. The molecule has 0 bridgehead atoms. The average Bonchev–Trinajstić information content (AvgIpc) is 2.81. The molecule has 5 rings (SSSR count). The van der Waals surface area contributed by atoms with E-state index in [1.807, 2.05) is 54.6 Å². The molecule has 0 saturated carbocycles. The molecule has 31 heavy (non-hydrogen) atoms. The minimum atomic E-state index is 0.454. The molecule has 0 fully saturated rings. The fourth-order valence-corrected chi connectivity index (χ4v) is 3.98. The number of anilines is 1. The summed E-state index contributed by atoms with van der Waals surface area (Å²) in [5.41, 5.74) is 3.11. The van der Waals surface area contributed by atoms with Crippen molar-refractivity contribution >= 4 is 28.1 Å². The van der Waals surface area contributed by atoms with Crippen molar-refractivity contribution in [1.82, 2.24) is 0 Å². The van der Waals surface area contributed by atoms with Crippen LogP contribution in [-0.4, -0.2) is 13.2 Å². The average molecular weight is 432 g/mol. The van der Waals surface area contributed by atoms with Crippen LogP contribution in [0.2, 0.25) is 5.02 Å². The van der Waals surface area contributed by atoms with Crippen molar-refractivity contribution in [2.24, 2.45) is 0 Å². The van der Waals surface area contributed by atoms with Crippen LogP contribution in [0.1, 0.15) is 11.1 Å². The highest BCUT2D eigenvalue weighted by molar-refractivity contribution is 6.30. The summed E-state index contributed by atoms with van der Waals surface area (Å²) in [6, 6.07) is 26.1. The summed E-state index contributed by atoms with van der Waals surface area (Å²) in [6.07, 6.45) is 0. The van der Waals surface area contributed by atoms with Crippen LogP contribution in [0.3, 0.4) is 0 Å². The summed E-state index contributed by atoms with van der Waals surface area (Å²) in [7, 11) is 0. The maximum absolute atomic E-state index is 6.22. The number of ether oxygens (including phenoxy) is 3. The van der Waals surface area contributed by atoms with Gasteiger partial charge >= 0.3 is 0 Å². The van der Waals surface area contributed by atoms with Gasteiger partial charge in [-0.3, -0.25) is 0 Å². The number of rotatable bonds is 6. The van der Waals surface area contributed by atoms with Crippen molar-refractivity contribution in [3.05, 3.63) is 95.0 Å². The fourth-order valence-electron chi connectivity index (χ4n) is 3.77. The Balaban J connectivity index is 1.41.